The lowest BCUT2D eigenvalue weighted by molar-refractivity contribution is 0.0935. The van der Waals surface area contributed by atoms with Gasteiger partial charge in [0.2, 0.25) is 0 Å². The largest absolute Gasteiger partial charge is 0.385 e. The number of benzene rings is 1. The van der Waals surface area contributed by atoms with Crippen molar-refractivity contribution in [3.8, 4) is 0 Å². The van der Waals surface area contributed by atoms with E-state index in [4.69, 9.17) is 10.5 Å². The first-order valence-electron chi connectivity index (χ1n) is 5.10. The first-order chi connectivity index (χ1) is 7.54. The molecule has 0 aliphatic heterocycles. The maximum Gasteiger partial charge on any atom is 0.179 e. The molecule has 1 atom stereocenters. The Morgan fingerprint density at radius 2 is 2.19 bits per heavy atom. The fourth-order valence-electron chi connectivity index (χ4n) is 1.47. The van der Waals surface area contributed by atoms with Crippen LogP contribution in [0.5, 0.6) is 0 Å². The predicted octanol–water partition coefficient (Wildman–Crippen LogP) is 1.68. The van der Waals surface area contributed by atoms with Crippen LogP contribution in [0.3, 0.4) is 0 Å². The SMILES string of the molecule is COCCC(N)C(=O)c1cc(C)cc(F)c1. The van der Waals surface area contributed by atoms with Crippen LogP contribution in [0.15, 0.2) is 18.2 Å². The van der Waals surface area contributed by atoms with Crippen molar-refractivity contribution in [1.29, 1.82) is 0 Å². The van der Waals surface area contributed by atoms with Crippen LogP contribution in [0.2, 0.25) is 0 Å². The molecule has 0 aliphatic rings. The van der Waals surface area contributed by atoms with Crippen LogP contribution in [0.1, 0.15) is 22.3 Å². The Hall–Kier alpha value is -1.26. The summed E-state index contributed by atoms with van der Waals surface area (Å²) < 4.78 is 17.9. The zero-order valence-electron chi connectivity index (χ0n) is 9.50. The van der Waals surface area contributed by atoms with E-state index in [1.54, 1.807) is 20.1 Å². The van der Waals surface area contributed by atoms with E-state index < -0.39 is 11.9 Å². The second kappa shape index (κ2) is 5.72. The van der Waals surface area contributed by atoms with Crippen molar-refractivity contribution in [3.63, 3.8) is 0 Å². The van der Waals surface area contributed by atoms with E-state index in [9.17, 15) is 9.18 Å². The van der Waals surface area contributed by atoms with Gasteiger partial charge in [0, 0.05) is 19.3 Å². The van der Waals surface area contributed by atoms with Crippen LogP contribution in [-0.2, 0) is 4.74 Å². The third-order valence-corrected chi connectivity index (χ3v) is 2.30. The first kappa shape index (κ1) is 12.8. The van der Waals surface area contributed by atoms with Crippen molar-refractivity contribution in [3.05, 3.63) is 35.1 Å². The molecule has 2 N–H and O–H groups in total. The van der Waals surface area contributed by atoms with Gasteiger partial charge in [-0.1, -0.05) is 0 Å². The molecule has 0 amide bonds. The minimum absolute atomic E-state index is 0.250. The van der Waals surface area contributed by atoms with Crippen LogP contribution in [-0.4, -0.2) is 25.5 Å². The van der Waals surface area contributed by atoms with Crippen LogP contribution in [0, 0.1) is 12.7 Å². The number of hydrogen-bond acceptors (Lipinski definition) is 3. The fraction of sp³-hybridized carbons (Fsp3) is 0.417. The second-order valence-corrected chi connectivity index (χ2v) is 3.77. The number of carbonyl (C=O) groups is 1. The topological polar surface area (TPSA) is 52.3 Å². The van der Waals surface area contributed by atoms with Gasteiger partial charge in [0.15, 0.2) is 5.78 Å². The molecule has 16 heavy (non-hydrogen) atoms. The number of ketones is 1. The first-order valence-corrected chi connectivity index (χ1v) is 5.10. The lowest BCUT2D eigenvalue weighted by atomic mass is 10.0. The zero-order valence-corrected chi connectivity index (χ0v) is 9.50. The third kappa shape index (κ3) is 3.40. The molecule has 88 valence electrons. The summed E-state index contributed by atoms with van der Waals surface area (Å²) in [5.41, 5.74) is 6.71. The van der Waals surface area contributed by atoms with Gasteiger partial charge < -0.3 is 10.5 Å². The molecule has 0 bridgehead atoms. The number of ether oxygens (including phenoxy) is 1. The molecule has 1 unspecified atom stereocenters. The highest BCUT2D eigenvalue weighted by atomic mass is 19.1. The van der Waals surface area contributed by atoms with Gasteiger partial charge in [-0.3, -0.25) is 4.79 Å². The molecule has 3 nitrogen and oxygen atoms in total. The minimum atomic E-state index is -0.638. The van der Waals surface area contributed by atoms with Crippen LogP contribution >= 0.6 is 0 Å². The Bertz CT molecular complexity index is 359. The standard InChI is InChI=1S/C12H16FNO2/c1-8-5-9(7-10(13)6-8)12(15)11(14)3-4-16-2/h5-7,11H,3-4,14H2,1-2H3. The molecule has 0 radical (unpaired) electrons. The maximum atomic E-state index is 13.1. The zero-order chi connectivity index (χ0) is 12.1. The molecule has 1 aromatic carbocycles. The number of halogens is 1. The molecule has 0 aliphatic carbocycles. The summed E-state index contributed by atoms with van der Waals surface area (Å²) >= 11 is 0. The summed E-state index contributed by atoms with van der Waals surface area (Å²) in [5, 5.41) is 0. The van der Waals surface area contributed by atoms with Crippen molar-refractivity contribution in [1.82, 2.24) is 0 Å². The number of nitrogens with two attached hydrogens (primary N) is 1. The van der Waals surface area contributed by atoms with E-state index >= 15 is 0 Å². The van der Waals surface area contributed by atoms with Crippen molar-refractivity contribution >= 4 is 5.78 Å². The van der Waals surface area contributed by atoms with Crippen molar-refractivity contribution < 1.29 is 13.9 Å². The molecule has 0 aromatic heterocycles. The van der Waals surface area contributed by atoms with Gasteiger partial charge in [0.05, 0.1) is 6.04 Å². The van der Waals surface area contributed by atoms with Gasteiger partial charge in [-0.25, -0.2) is 4.39 Å². The van der Waals surface area contributed by atoms with Crippen molar-refractivity contribution in [2.45, 2.75) is 19.4 Å². The number of carbonyl (C=O) groups excluding carboxylic acids is 1. The van der Waals surface area contributed by atoms with Gasteiger partial charge in [0.25, 0.3) is 0 Å². The highest BCUT2D eigenvalue weighted by molar-refractivity contribution is 6.00. The summed E-state index contributed by atoms with van der Waals surface area (Å²) in [5.74, 6) is -0.665. The average molecular weight is 225 g/mol. The number of rotatable bonds is 5. The molecule has 1 aromatic rings. The smallest absolute Gasteiger partial charge is 0.179 e. The van der Waals surface area contributed by atoms with E-state index in [2.05, 4.69) is 0 Å². The Morgan fingerprint density at radius 1 is 1.50 bits per heavy atom. The molecule has 1 rings (SSSR count). The Kier molecular flexibility index (Phi) is 4.58. The molecule has 0 saturated carbocycles. The number of methoxy groups -OCH3 is 1. The van der Waals surface area contributed by atoms with Gasteiger partial charge in [-0.15, -0.1) is 0 Å². The molecule has 0 fully saturated rings. The summed E-state index contributed by atoms with van der Waals surface area (Å²) in [6.45, 7) is 2.15. The van der Waals surface area contributed by atoms with Crippen LogP contribution in [0.25, 0.3) is 0 Å². The number of aryl methyl sites for hydroxylation is 1. The van der Waals surface area contributed by atoms with E-state index in [0.29, 0.717) is 24.2 Å². The summed E-state index contributed by atoms with van der Waals surface area (Å²) in [7, 11) is 1.55. The fourth-order valence-corrected chi connectivity index (χ4v) is 1.47. The average Bonchev–Trinajstić information content (AvgIpc) is 2.23. The van der Waals surface area contributed by atoms with Gasteiger partial charge >= 0.3 is 0 Å². The van der Waals surface area contributed by atoms with Crippen molar-refractivity contribution in [2.75, 3.05) is 13.7 Å². The van der Waals surface area contributed by atoms with Gasteiger partial charge in [-0.05, 0) is 37.1 Å². The monoisotopic (exact) mass is 225 g/mol. The maximum absolute atomic E-state index is 13.1. The molecular weight excluding hydrogens is 209 g/mol. The van der Waals surface area contributed by atoms with E-state index in [1.165, 1.54) is 12.1 Å². The van der Waals surface area contributed by atoms with Gasteiger partial charge in [0.1, 0.15) is 5.82 Å². The quantitative estimate of drug-likeness (QED) is 0.776. The summed E-state index contributed by atoms with van der Waals surface area (Å²) in [6.07, 6.45) is 0.435. The Balaban J connectivity index is 2.79. The molecule has 0 spiro atoms. The Morgan fingerprint density at radius 3 is 2.75 bits per heavy atom. The predicted molar refractivity (Wildman–Crippen MR) is 59.9 cm³/mol. The van der Waals surface area contributed by atoms with Crippen LogP contribution < -0.4 is 5.73 Å². The van der Waals surface area contributed by atoms with E-state index in [0.717, 1.165) is 0 Å². The normalized spacial score (nSPS) is 12.5. The number of Topliss-reactive ketones (excluding diaryl/α,β-unsaturated/α-hetero) is 1. The van der Waals surface area contributed by atoms with Crippen molar-refractivity contribution in [2.24, 2.45) is 5.73 Å². The molecular formula is C12H16FNO2. The number of hydrogen-bond donors (Lipinski definition) is 1. The summed E-state index contributed by atoms with van der Waals surface area (Å²) in [6, 6.07) is 3.58. The molecule has 0 saturated heterocycles. The molecule has 0 heterocycles. The lowest BCUT2D eigenvalue weighted by Crippen LogP contribution is -2.31. The molecule has 4 heteroatoms. The summed E-state index contributed by atoms with van der Waals surface area (Å²) in [4.78, 5) is 11.8. The second-order valence-electron chi connectivity index (χ2n) is 3.77. The van der Waals surface area contributed by atoms with Crippen LogP contribution in [0.4, 0.5) is 4.39 Å². The lowest BCUT2D eigenvalue weighted by Gasteiger charge is -2.10. The Labute approximate surface area is 94.4 Å². The van der Waals surface area contributed by atoms with Gasteiger partial charge in [-0.2, -0.15) is 0 Å². The highest BCUT2D eigenvalue weighted by Gasteiger charge is 2.16. The van der Waals surface area contributed by atoms with E-state index in [-0.39, 0.29) is 5.78 Å². The van der Waals surface area contributed by atoms with E-state index in [1.807, 2.05) is 0 Å². The highest BCUT2D eigenvalue weighted by Crippen LogP contribution is 2.11. The third-order valence-electron chi connectivity index (χ3n) is 2.30. The minimum Gasteiger partial charge on any atom is -0.385 e.